The highest BCUT2D eigenvalue weighted by molar-refractivity contribution is 4.89. The largest absolute Gasteiger partial charge is 0.316 e. The molecule has 0 aromatic carbocycles. The van der Waals surface area contributed by atoms with Crippen LogP contribution in [0.2, 0.25) is 0 Å². The lowest BCUT2D eigenvalue weighted by molar-refractivity contribution is 0.0979. The molecular weight excluding hydrogens is 206 g/mol. The van der Waals surface area contributed by atoms with Crippen LogP contribution in [-0.2, 0) is 0 Å². The maximum atomic E-state index is 3.68. The lowest BCUT2D eigenvalue weighted by Crippen LogP contribution is -2.43. The third-order valence-corrected chi connectivity index (χ3v) is 5.85. The highest BCUT2D eigenvalue weighted by atomic mass is 14.9. The Kier molecular flexibility index (Phi) is 4.05. The zero-order chi connectivity index (χ0) is 11.5. The zero-order valence-electron chi connectivity index (χ0n) is 11.3. The Morgan fingerprint density at radius 2 is 1.18 bits per heavy atom. The van der Waals surface area contributed by atoms with Crippen LogP contribution in [0.25, 0.3) is 0 Å². The van der Waals surface area contributed by atoms with E-state index in [0.717, 1.165) is 23.7 Å². The van der Waals surface area contributed by atoms with Gasteiger partial charge in [0.25, 0.3) is 0 Å². The second-order valence-electron chi connectivity index (χ2n) is 6.76. The number of hydrogen-bond acceptors (Lipinski definition) is 1. The first-order valence-corrected chi connectivity index (χ1v) is 8.16. The molecule has 98 valence electrons. The molecule has 2 saturated carbocycles. The monoisotopic (exact) mass is 235 g/mol. The van der Waals surface area contributed by atoms with E-state index < -0.39 is 0 Å². The molecule has 3 fully saturated rings. The van der Waals surface area contributed by atoms with Crippen LogP contribution >= 0.6 is 0 Å². The normalized spacial score (nSPS) is 37.4. The lowest BCUT2D eigenvalue weighted by Gasteiger charge is -2.42. The predicted octanol–water partition coefficient (Wildman–Crippen LogP) is 3.98. The van der Waals surface area contributed by atoms with Crippen molar-refractivity contribution in [1.82, 2.24) is 5.32 Å². The van der Waals surface area contributed by atoms with Crippen molar-refractivity contribution in [3.05, 3.63) is 0 Å². The molecule has 17 heavy (non-hydrogen) atoms. The number of nitrogens with one attached hydrogen (secondary N) is 1. The van der Waals surface area contributed by atoms with Crippen molar-refractivity contribution in [3.63, 3.8) is 0 Å². The highest BCUT2D eigenvalue weighted by Crippen LogP contribution is 2.43. The summed E-state index contributed by atoms with van der Waals surface area (Å²) in [4.78, 5) is 0. The molecular formula is C16H29N. The second-order valence-corrected chi connectivity index (χ2v) is 6.76. The molecule has 2 aliphatic carbocycles. The first kappa shape index (κ1) is 12.0. The van der Waals surface area contributed by atoms with Gasteiger partial charge in [0.2, 0.25) is 0 Å². The van der Waals surface area contributed by atoms with Crippen molar-refractivity contribution >= 4 is 0 Å². The molecule has 0 spiro atoms. The Morgan fingerprint density at radius 3 is 1.88 bits per heavy atom. The van der Waals surface area contributed by atoms with E-state index in [2.05, 4.69) is 5.32 Å². The van der Waals surface area contributed by atoms with Crippen LogP contribution in [0.15, 0.2) is 0 Å². The van der Waals surface area contributed by atoms with E-state index in [1.165, 1.54) is 64.5 Å². The molecule has 1 nitrogen and oxygen atoms in total. The zero-order valence-corrected chi connectivity index (χ0v) is 11.3. The van der Waals surface area contributed by atoms with Crippen molar-refractivity contribution in [3.8, 4) is 0 Å². The summed E-state index contributed by atoms with van der Waals surface area (Å²) in [5.41, 5.74) is 0. The van der Waals surface area contributed by atoms with Gasteiger partial charge < -0.3 is 5.32 Å². The molecule has 0 radical (unpaired) electrons. The maximum Gasteiger partial charge on any atom is -0.00151 e. The van der Waals surface area contributed by atoms with Gasteiger partial charge in [-0.05, 0) is 43.2 Å². The average Bonchev–Trinajstić information content (AvgIpc) is 2.94. The van der Waals surface area contributed by atoms with Crippen LogP contribution < -0.4 is 5.32 Å². The Balaban J connectivity index is 1.65. The van der Waals surface area contributed by atoms with Gasteiger partial charge in [0.1, 0.15) is 0 Å². The third-order valence-electron chi connectivity index (χ3n) is 5.85. The van der Waals surface area contributed by atoms with Crippen molar-refractivity contribution in [2.45, 2.75) is 64.2 Å². The molecule has 0 amide bonds. The Bertz CT molecular complexity index is 226. The summed E-state index contributed by atoms with van der Waals surface area (Å²) in [6.45, 7) is 2.64. The molecule has 1 saturated heterocycles. The van der Waals surface area contributed by atoms with Crippen LogP contribution in [0.5, 0.6) is 0 Å². The van der Waals surface area contributed by atoms with Crippen LogP contribution in [0, 0.1) is 23.7 Å². The first-order valence-electron chi connectivity index (χ1n) is 8.16. The average molecular weight is 235 g/mol. The van der Waals surface area contributed by atoms with Crippen LogP contribution in [0.1, 0.15) is 64.2 Å². The van der Waals surface area contributed by atoms with Crippen molar-refractivity contribution < 1.29 is 0 Å². The lowest BCUT2D eigenvalue weighted by atomic mass is 9.67. The third kappa shape index (κ3) is 2.70. The molecule has 3 aliphatic rings. The quantitative estimate of drug-likeness (QED) is 0.763. The smallest absolute Gasteiger partial charge is 0.00151 e. The van der Waals surface area contributed by atoms with E-state index in [0.29, 0.717) is 0 Å². The number of rotatable bonds is 2. The van der Waals surface area contributed by atoms with Gasteiger partial charge in [-0.1, -0.05) is 57.8 Å². The van der Waals surface area contributed by atoms with Gasteiger partial charge in [-0.15, -0.1) is 0 Å². The van der Waals surface area contributed by atoms with Gasteiger partial charge in [-0.25, -0.2) is 0 Å². The first-order chi connectivity index (χ1) is 8.45. The molecule has 2 atom stereocenters. The Hall–Kier alpha value is -0.0400. The van der Waals surface area contributed by atoms with Gasteiger partial charge in [0.15, 0.2) is 0 Å². The minimum atomic E-state index is 1.04. The number of piperidine rings is 1. The molecule has 0 aromatic heterocycles. The molecule has 3 rings (SSSR count). The van der Waals surface area contributed by atoms with Gasteiger partial charge in [0, 0.05) is 0 Å². The summed E-state index contributed by atoms with van der Waals surface area (Å²) in [7, 11) is 0. The van der Waals surface area contributed by atoms with Crippen molar-refractivity contribution in [2.24, 2.45) is 23.7 Å². The van der Waals surface area contributed by atoms with Gasteiger partial charge >= 0.3 is 0 Å². The summed E-state index contributed by atoms with van der Waals surface area (Å²) >= 11 is 0. The Morgan fingerprint density at radius 1 is 0.588 bits per heavy atom. The van der Waals surface area contributed by atoms with Gasteiger partial charge in [0.05, 0.1) is 0 Å². The molecule has 1 N–H and O–H groups in total. The van der Waals surface area contributed by atoms with E-state index in [1.807, 2.05) is 0 Å². The SMILES string of the molecule is C1CCC(C2CCNCC2C2CCCC2)CC1. The fourth-order valence-corrected chi connectivity index (χ4v) is 4.95. The van der Waals surface area contributed by atoms with E-state index in [4.69, 9.17) is 0 Å². The van der Waals surface area contributed by atoms with E-state index in [-0.39, 0.29) is 0 Å². The maximum absolute atomic E-state index is 3.68. The highest BCUT2D eigenvalue weighted by Gasteiger charge is 2.37. The van der Waals surface area contributed by atoms with Crippen molar-refractivity contribution in [1.29, 1.82) is 0 Å². The molecule has 1 heteroatoms. The second kappa shape index (κ2) is 5.73. The summed E-state index contributed by atoms with van der Waals surface area (Å²) in [5, 5.41) is 3.68. The molecule has 0 bridgehead atoms. The van der Waals surface area contributed by atoms with Crippen LogP contribution in [-0.4, -0.2) is 13.1 Å². The Labute approximate surface area is 107 Å². The predicted molar refractivity (Wildman–Crippen MR) is 73.0 cm³/mol. The molecule has 2 unspecified atom stereocenters. The fourth-order valence-electron chi connectivity index (χ4n) is 4.95. The summed E-state index contributed by atoms with van der Waals surface area (Å²) in [6.07, 6.45) is 15.2. The van der Waals surface area contributed by atoms with E-state index in [9.17, 15) is 0 Å². The van der Waals surface area contributed by atoms with E-state index >= 15 is 0 Å². The molecule has 1 heterocycles. The number of hydrogen-bond donors (Lipinski definition) is 1. The van der Waals surface area contributed by atoms with Crippen LogP contribution in [0.3, 0.4) is 0 Å². The minimum absolute atomic E-state index is 1.04. The summed E-state index contributed by atoms with van der Waals surface area (Å²) in [5.74, 6) is 4.29. The standard InChI is InChI=1S/C16H29N/c1-2-6-13(7-3-1)15-10-11-17-12-16(15)14-8-4-5-9-14/h13-17H,1-12H2. The topological polar surface area (TPSA) is 12.0 Å². The summed E-state index contributed by atoms with van der Waals surface area (Å²) in [6, 6.07) is 0. The van der Waals surface area contributed by atoms with Gasteiger partial charge in [-0.3, -0.25) is 0 Å². The van der Waals surface area contributed by atoms with Gasteiger partial charge in [-0.2, -0.15) is 0 Å². The molecule has 1 aliphatic heterocycles. The van der Waals surface area contributed by atoms with E-state index in [1.54, 1.807) is 12.8 Å². The van der Waals surface area contributed by atoms with Crippen LogP contribution in [0.4, 0.5) is 0 Å². The molecule has 0 aromatic rings. The minimum Gasteiger partial charge on any atom is -0.316 e. The fraction of sp³-hybridized carbons (Fsp3) is 1.00. The summed E-state index contributed by atoms with van der Waals surface area (Å²) < 4.78 is 0. The van der Waals surface area contributed by atoms with Crippen molar-refractivity contribution in [2.75, 3.05) is 13.1 Å².